The summed E-state index contributed by atoms with van der Waals surface area (Å²) in [5.41, 5.74) is 10.7. The molecule has 0 atom stereocenters. The van der Waals surface area contributed by atoms with Crippen LogP contribution in [0.2, 0.25) is 0 Å². The van der Waals surface area contributed by atoms with E-state index in [2.05, 4.69) is 28.2 Å². The van der Waals surface area contributed by atoms with Gasteiger partial charge in [-0.3, -0.25) is 9.59 Å². The second-order valence-electron chi connectivity index (χ2n) is 9.14. The van der Waals surface area contributed by atoms with E-state index >= 15 is 0 Å². The van der Waals surface area contributed by atoms with Crippen LogP contribution in [0.3, 0.4) is 0 Å². The Kier molecular flexibility index (Phi) is 8.13. The molecule has 2 aromatic carbocycles. The van der Waals surface area contributed by atoms with Crippen molar-refractivity contribution in [2.75, 3.05) is 43.5 Å². The Bertz CT molecular complexity index is 1580. The molecule has 204 valence electrons. The molecule has 2 aromatic heterocycles. The van der Waals surface area contributed by atoms with Crippen LogP contribution in [-0.2, 0) is 20.9 Å². The van der Waals surface area contributed by atoms with Crippen LogP contribution in [0.4, 0.5) is 11.5 Å². The number of carbonyl (C=O) groups excluding carboxylic acids is 2. The zero-order valence-electron chi connectivity index (χ0n) is 21.8. The number of aromatic nitrogens is 2. The molecule has 1 aliphatic heterocycles. The molecule has 1 aliphatic rings. The van der Waals surface area contributed by atoms with Gasteiger partial charge in [0.2, 0.25) is 11.8 Å². The lowest BCUT2D eigenvalue weighted by Crippen LogP contribution is -2.36. The molecule has 40 heavy (non-hydrogen) atoms. The number of rotatable bonds is 9. The fraction of sp³-hybridized carbons (Fsp3) is 0.207. The molecule has 5 N–H and O–H groups in total. The van der Waals surface area contributed by atoms with Crippen molar-refractivity contribution >= 4 is 51.1 Å². The summed E-state index contributed by atoms with van der Waals surface area (Å²) in [7, 11) is 0. The molecule has 2 amide bonds. The van der Waals surface area contributed by atoms with Crippen LogP contribution < -0.4 is 21.3 Å². The first-order valence-electron chi connectivity index (χ1n) is 12.8. The first kappa shape index (κ1) is 27.0. The zero-order valence-corrected chi connectivity index (χ0v) is 22.6. The Morgan fingerprint density at radius 1 is 1.12 bits per heavy atom. The van der Waals surface area contributed by atoms with Crippen LogP contribution in [0.25, 0.3) is 32.0 Å². The smallest absolute Gasteiger partial charge is 0.243 e. The van der Waals surface area contributed by atoms with E-state index in [9.17, 15) is 9.59 Å². The normalized spacial score (nSPS) is 13.2. The van der Waals surface area contributed by atoms with Crippen molar-refractivity contribution in [2.24, 2.45) is 0 Å². The summed E-state index contributed by atoms with van der Waals surface area (Å²) in [5.74, 6) is 0.708. The summed E-state index contributed by atoms with van der Waals surface area (Å²) in [6.45, 7) is 6.32. The first-order valence-corrected chi connectivity index (χ1v) is 13.6. The number of carbonyl (C=O) groups is 2. The fourth-order valence-electron chi connectivity index (χ4n) is 4.40. The number of morpholine rings is 1. The summed E-state index contributed by atoms with van der Waals surface area (Å²) in [6.07, 6.45) is 2.37. The van der Waals surface area contributed by atoms with Crippen molar-refractivity contribution in [1.82, 2.24) is 20.6 Å². The Morgan fingerprint density at radius 2 is 1.90 bits per heavy atom. The molecule has 11 heteroatoms. The standard InChI is InChI=1S/C29H29N7O3S/c1-2-25(37)33-17-26(38)32-16-18-6-8-19(9-7-18)24-14-23-27(40-24)29(36-10-12-39-13-11-36)35-28(34-23)20-4-3-5-22(31)21(20)15-30/h2-9,14-15,30H,1,10-13,16-17,31H2,(H,32,38)(H,33,37). The van der Waals surface area contributed by atoms with Gasteiger partial charge in [-0.2, -0.15) is 0 Å². The largest absolute Gasteiger partial charge is 0.398 e. The Morgan fingerprint density at radius 3 is 2.62 bits per heavy atom. The number of thiophene rings is 1. The average Bonchev–Trinajstić information content (AvgIpc) is 3.43. The van der Waals surface area contributed by atoms with E-state index in [0.717, 1.165) is 56.8 Å². The highest BCUT2D eigenvalue weighted by atomic mass is 32.1. The van der Waals surface area contributed by atoms with Crippen LogP contribution in [0.1, 0.15) is 11.1 Å². The van der Waals surface area contributed by atoms with Gasteiger partial charge >= 0.3 is 0 Å². The van der Waals surface area contributed by atoms with Crippen LogP contribution in [0.5, 0.6) is 0 Å². The van der Waals surface area contributed by atoms with Gasteiger partial charge in [-0.25, -0.2) is 9.97 Å². The SMILES string of the molecule is C=CC(=O)NCC(=O)NCc1ccc(-c2cc3nc(-c4cccc(N)c4C=N)nc(N4CCOCC4)c3s2)cc1. The van der Waals surface area contributed by atoms with Crippen molar-refractivity contribution in [2.45, 2.75) is 6.54 Å². The molecule has 0 radical (unpaired) electrons. The number of ether oxygens (including phenoxy) is 1. The minimum atomic E-state index is -0.389. The predicted octanol–water partition coefficient (Wildman–Crippen LogP) is 3.36. The number of nitrogens with two attached hydrogens (primary N) is 1. The molecule has 0 spiro atoms. The third-order valence-corrected chi connectivity index (χ3v) is 7.70. The number of amides is 2. The lowest BCUT2D eigenvalue weighted by Gasteiger charge is -2.28. The van der Waals surface area contributed by atoms with Crippen LogP contribution >= 0.6 is 11.3 Å². The van der Waals surface area contributed by atoms with Gasteiger partial charge < -0.3 is 31.4 Å². The molecule has 4 aromatic rings. The molecule has 3 heterocycles. The molecule has 1 saturated heterocycles. The second kappa shape index (κ2) is 12.1. The molecule has 10 nitrogen and oxygen atoms in total. The van der Waals surface area contributed by atoms with Crippen molar-refractivity contribution in [3.63, 3.8) is 0 Å². The maximum atomic E-state index is 12.0. The van der Waals surface area contributed by atoms with Gasteiger partial charge in [-0.1, -0.05) is 43.0 Å². The Balaban J connectivity index is 1.44. The maximum Gasteiger partial charge on any atom is 0.243 e. The Hall–Kier alpha value is -4.61. The highest BCUT2D eigenvalue weighted by molar-refractivity contribution is 7.22. The van der Waals surface area contributed by atoms with Crippen LogP contribution in [0.15, 0.2) is 61.2 Å². The van der Waals surface area contributed by atoms with E-state index in [1.165, 1.54) is 6.21 Å². The summed E-state index contributed by atoms with van der Waals surface area (Å²) in [6, 6.07) is 15.5. The van der Waals surface area contributed by atoms with Crippen LogP contribution in [-0.4, -0.2) is 60.8 Å². The topological polar surface area (TPSA) is 146 Å². The maximum absolute atomic E-state index is 12.0. The molecule has 5 rings (SSSR count). The lowest BCUT2D eigenvalue weighted by atomic mass is 10.1. The highest BCUT2D eigenvalue weighted by Gasteiger charge is 2.21. The third-order valence-electron chi connectivity index (χ3n) is 6.53. The van der Waals surface area contributed by atoms with Gasteiger partial charge in [-0.05, 0) is 29.3 Å². The van der Waals surface area contributed by atoms with Gasteiger partial charge in [0.25, 0.3) is 0 Å². The summed E-state index contributed by atoms with van der Waals surface area (Å²) in [4.78, 5) is 36.3. The summed E-state index contributed by atoms with van der Waals surface area (Å²) < 4.78 is 6.56. The van der Waals surface area contributed by atoms with Crippen molar-refractivity contribution in [3.8, 4) is 21.8 Å². The molecule has 0 saturated carbocycles. The van der Waals surface area contributed by atoms with E-state index in [-0.39, 0.29) is 18.4 Å². The number of hydrogen-bond acceptors (Lipinski definition) is 9. The quantitative estimate of drug-likeness (QED) is 0.141. The predicted molar refractivity (Wildman–Crippen MR) is 159 cm³/mol. The van der Waals surface area contributed by atoms with E-state index in [0.29, 0.717) is 36.8 Å². The van der Waals surface area contributed by atoms with E-state index < -0.39 is 0 Å². The van der Waals surface area contributed by atoms with Gasteiger partial charge in [0, 0.05) is 47.5 Å². The average molecular weight is 556 g/mol. The van der Waals surface area contributed by atoms with Gasteiger partial charge in [0.1, 0.15) is 0 Å². The number of nitrogens with zero attached hydrogens (tertiary/aromatic N) is 3. The summed E-state index contributed by atoms with van der Waals surface area (Å²) in [5, 5.41) is 13.1. The fourth-order valence-corrected chi connectivity index (χ4v) is 5.52. The van der Waals surface area contributed by atoms with E-state index in [1.807, 2.05) is 36.4 Å². The molecule has 1 fully saturated rings. The second-order valence-corrected chi connectivity index (χ2v) is 10.2. The number of nitrogens with one attached hydrogen (secondary N) is 3. The monoisotopic (exact) mass is 555 g/mol. The molecule has 0 bridgehead atoms. The molecule has 0 unspecified atom stereocenters. The van der Waals surface area contributed by atoms with Crippen molar-refractivity contribution < 1.29 is 14.3 Å². The van der Waals surface area contributed by atoms with Gasteiger partial charge in [-0.15, -0.1) is 11.3 Å². The zero-order chi connectivity index (χ0) is 28.1. The van der Waals surface area contributed by atoms with Crippen LogP contribution in [0, 0.1) is 5.41 Å². The first-order chi connectivity index (χ1) is 19.5. The van der Waals surface area contributed by atoms with E-state index in [4.69, 9.17) is 25.8 Å². The Labute approximate surface area is 235 Å². The van der Waals surface area contributed by atoms with Crippen molar-refractivity contribution in [3.05, 3.63) is 72.3 Å². The van der Waals surface area contributed by atoms with Gasteiger partial charge in [0.05, 0.1) is 30.0 Å². The highest BCUT2D eigenvalue weighted by Crippen LogP contribution is 2.39. The number of benzene rings is 2. The van der Waals surface area contributed by atoms with Crippen molar-refractivity contribution in [1.29, 1.82) is 5.41 Å². The minimum absolute atomic E-state index is 0.101. The molecular formula is C29H29N7O3S. The van der Waals surface area contributed by atoms with Gasteiger partial charge in [0.15, 0.2) is 11.6 Å². The minimum Gasteiger partial charge on any atom is -0.398 e. The number of fused-ring (bicyclic) bond motifs is 1. The molecular weight excluding hydrogens is 526 g/mol. The number of hydrogen-bond donors (Lipinski definition) is 4. The lowest BCUT2D eigenvalue weighted by molar-refractivity contribution is -0.124. The third kappa shape index (κ3) is 5.85. The van der Waals surface area contributed by atoms with E-state index in [1.54, 1.807) is 17.4 Å². The number of anilines is 2. The summed E-state index contributed by atoms with van der Waals surface area (Å²) >= 11 is 1.63. The number of nitrogen functional groups attached to an aromatic ring is 1. The molecule has 0 aliphatic carbocycles.